The van der Waals surface area contributed by atoms with Crippen LogP contribution in [-0.2, 0) is 30.9 Å². The number of benzene rings is 1. The van der Waals surface area contributed by atoms with Gasteiger partial charge < -0.3 is 15.4 Å². The van der Waals surface area contributed by atoms with E-state index in [1.165, 1.54) is 17.9 Å². The van der Waals surface area contributed by atoms with Crippen molar-refractivity contribution in [3.63, 3.8) is 0 Å². The fraction of sp³-hybridized carbons (Fsp3) is 0.235. The van der Waals surface area contributed by atoms with Gasteiger partial charge in [0.05, 0.1) is 30.0 Å². The molecule has 1 aliphatic rings. The van der Waals surface area contributed by atoms with Crippen molar-refractivity contribution in [1.82, 2.24) is 15.1 Å². The molecule has 0 bridgehead atoms. The topological polar surface area (TPSA) is 119 Å². The quantitative estimate of drug-likeness (QED) is 0.568. The van der Waals surface area contributed by atoms with E-state index in [2.05, 4.69) is 22.3 Å². The summed E-state index contributed by atoms with van der Waals surface area (Å²) in [5.41, 5.74) is 1.33. The summed E-state index contributed by atoms with van der Waals surface area (Å²) in [5, 5.41) is 9.17. The Labute approximate surface area is 155 Å². The molecule has 27 heavy (non-hydrogen) atoms. The van der Waals surface area contributed by atoms with Crippen LogP contribution in [0.25, 0.3) is 5.69 Å². The fourth-order valence-corrected chi connectivity index (χ4v) is 4.18. The first kappa shape index (κ1) is 18.6. The number of methoxy groups -OCH3 is 1. The van der Waals surface area contributed by atoms with E-state index in [0.29, 0.717) is 22.7 Å². The van der Waals surface area contributed by atoms with Crippen LogP contribution in [0.2, 0.25) is 0 Å². The largest absolute Gasteiger partial charge is 0.497 e. The number of carbonyl (C=O) groups excluding carboxylic acids is 2. The molecule has 2 heterocycles. The molecule has 9 nitrogen and oxygen atoms in total. The third-order valence-corrected chi connectivity index (χ3v) is 5.39. The molecule has 1 aromatic heterocycles. The molecule has 0 unspecified atom stereocenters. The first-order valence-electron chi connectivity index (χ1n) is 8.00. The average Bonchev–Trinajstić information content (AvgIpc) is 3.12. The zero-order chi connectivity index (χ0) is 19.6. The van der Waals surface area contributed by atoms with Crippen molar-refractivity contribution in [3.8, 4) is 11.4 Å². The number of hydrogen-bond donors (Lipinski definition) is 2. The molecule has 2 amide bonds. The van der Waals surface area contributed by atoms with E-state index in [9.17, 15) is 18.0 Å². The van der Waals surface area contributed by atoms with E-state index < -0.39 is 21.7 Å². The van der Waals surface area contributed by atoms with Crippen LogP contribution in [0.3, 0.4) is 0 Å². The van der Waals surface area contributed by atoms with Gasteiger partial charge in [-0.3, -0.25) is 9.59 Å². The molecular formula is C17H18N4O5S. The van der Waals surface area contributed by atoms with Crippen molar-refractivity contribution in [2.75, 3.05) is 19.0 Å². The van der Waals surface area contributed by atoms with E-state index in [1.807, 2.05) is 0 Å². The molecule has 2 aromatic rings. The Kier molecular flexibility index (Phi) is 5.00. The number of aromatic nitrogens is 2. The van der Waals surface area contributed by atoms with Gasteiger partial charge in [-0.2, -0.15) is 5.10 Å². The minimum absolute atomic E-state index is 0.135. The lowest BCUT2D eigenvalue weighted by atomic mass is 10.2. The summed E-state index contributed by atoms with van der Waals surface area (Å²) in [6, 6.07) is 6.84. The zero-order valence-corrected chi connectivity index (χ0v) is 15.4. The van der Waals surface area contributed by atoms with Gasteiger partial charge in [0.25, 0.3) is 0 Å². The van der Waals surface area contributed by atoms with Crippen LogP contribution in [0.4, 0.5) is 5.82 Å². The molecule has 0 spiro atoms. The summed E-state index contributed by atoms with van der Waals surface area (Å²) in [5.74, 6) is -1.43. The normalized spacial score (nSPS) is 14.3. The first-order chi connectivity index (χ1) is 12.8. The number of fused-ring (bicyclic) bond motifs is 1. The lowest BCUT2D eigenvalue weighted by Gasteiger charge is -2.11. The molecule has 3 rings (SSSR count). The maximum Gasteiger partial charge on any atom is 0.314 e. The van der Waals surface area contributed by atoms with Crippen molar-refractivity contribution in [3.05, 3.63) is 48.2 Å². The highest BCUT2D eigenvalue weighted by Crippen LogP contribution is 2.33. The van der Waals surface area contributed by atoms with Gasteiger partial charge in [-0.1, -0.05) is 6.08 Å². The van der Waals surface area contributed by atoms with Crippen LogP contribution >= 0.6 is 0 Å². The Morgan fingerprint density at radius 1 is 1.26 bits per heavy atom. The maximum atomic E-state index is 12.2. The van der Waals surface area contributed by atoms with E-state index in [4.69, 9.17) is 4.74 Å². The number of rotatable bonds is 5. The van der Waals surface area contributed by atoms with Crippen molar-refractivity contribution < 1.29 is 22.7 Å². The van der Waals surface area contributed by atoms with Gasteiger partial charge in [0.15, 0.2) is 9.84 Å². The Balaban J connectivity index is 1.98. The van der Waals surface area contributed by atoms with E-state index in [1.54, 1.807) is 24.3 Å². The van der Waals surface area contributed by atoms with E-state index >= 15 is 0 Å². The maximum absolute atomic E-state index is 12.2. The molecule has 0 fully saturated rings. The molecule has 2 N–H and O–H groups in total. The highest BCUT2D eigenvalue weighted by atomic mass is 32.2. The van der Waals surface area contributed by atoms with Crippen molar-refractivity contribution in [1.29, 1.82) is 0 Å². The minimum atomic E-state index is -3.33. The number of nitrogens with one attached hydrogen (secondary N) is 2. The molecule has 0 atom stereocenters. The predicted octanol–water partition coefficient (Wildman–Crippen LogP) is 0.550. The van der Waals surface area contributed by atoms with Crippen LogP contribution in [0.5, 0.6) is 5.75 Å². The Morgan fingerprint density at radius 3 is 2.59 bits per heavy atom. The van der Waals surface area contributed by atoms with Crippen molar-refractivity contribution >= 4 is 27.5 Å². The molecule has 0 saturated carbocycles. The van der Waals surface area contributed by atoms with Gasteiger partial charge in [0.2, 0.25) is 0 Å². The van der Waals surface area contributed by atoms with Gasteiger partial charge in [-0.05, 0) is 24.3 Å². The fourth-order valence-electron chi connectivity index (χ4n) is 2.69. The van der Waals surface area contributed by atoms with Gasteiger partial charge >= 0.3 is 11.8 Å². The van der Waals surface area contributed by atoms with Crippen LogP contribution in [0.1, 0.15) is 11.3 Å². The molecule has 0 radical (unpaired) electrons. The Morgan fingerprint density at radius 2 is 1.96 bits per heavy atom. The van der Waals surface area contributed by atoms with Gasteiger partial charge in [0.1, 0.15) is 11.6 Å². The summed E-state index contributed by atoms with van der Waals surface area (Å²) in [7, 11) is -1.79. The standard InChI is InChI=1S/C17H18N4O5S/c1-3-8-18-16(22)17(23)19-15-13-9-27(24,25)10-14(13)20-21(15)11-4-6-12(26-2)7-5-11/h3-7H,1,8-10H2,2H3,(H,18,22)(H,19,23). The summed E-state index contributed by atoms with van der Waals surface area (Å²) in [6.07, 6.45) is 1.44. The lowest BCUT2D eigenvalue weighted by Crippen LogP contribution is -2.36. The Bertz CT molecular complexity index is 1010. The first-order valence-corrected chi connectivity index (χ1v) is 9.82. The number of hydrogen-bond acceptors (Lipinski definition) is 6. The SMILES string of the molecule is C=CCNC(=O)C(=O)Nc1c2c(nn1-c1ccc(OC)cc1)CS(=O)(=O)C2. The number of sulfone groups is 1. The Hall–Kier alpha value is -3.14. The highest BCUT2D eigenvalue weighted by Gasteiger charge is 2.33. The van der Waals surface area contributed by atoms with Gasteiger partial charge in [0, 0.05) is 12.1 Å². The molecule has 142 valence electrons. The van der Waals surface area contributed by atoms with Crippen LogP contribution in [0, 0.1) is 0 Å². The minimum Gasteiger partial charge on any atom is -0.497 e. The zero-order valence-electron chi connectivity index (χ0n) is 14.6. The molecule has 0 saturated heterocycles. The average molecular weight is 390 g/mol. The second kappa shape index (κ2) is 7.23. The highest BCUT2D eigenvalue weighted by molar-refractivity contribution is 7.90. The lowest BCUT2D eigenvalue weighted by molar-refractivity contribution is -0.136. The number of carbonyl (C=O) groups is 2. The monoisotopic (exact) mass is 390 g/mol. The van der Waals surface area contributed by atoms with Crippen molar-refractivity contribution in [2.24, 2.45) is 0 Å². The number of anilines is 1. The van der Waals surface area contributed by atoms with Crippen LogP contribution < -0.4 is 15.4 Å². The second-order valence-electron chi connectivity index (χ2n) is 5.87. The van der Waals surface area contributed by atoms with Crippen LogP contribution in [0.15, 0.2) is 36.9 Å². The third-order valence-electron chi connectivity index (χ3n) is 3.95. The smallest absolute Gasteiger partial charge is 0.314 e. The van der Waals surface area contributed by atoms with Gasteiger partial charge in [-0.15, -0.1) is 6.58 Å². The summed E-state index contributed by atoms with van der Waals surface area (Å²) < 4.78 is 30.4. The molecule has 0 aliphatic carbocycles. The number of amides is 2. The summed E-state index contributed by atoms with van der Waals surface area (Å²) in [4.78, 5) is 24.0. The molecule has 1 aliphatic heterocycles. The summed E-state index contributed by atoms with van der Waals surface area (Å²) >= 11 is 0. The number of ether oxygens (including phenoxy) is 1. The third kappa shape index (κ3) is 3.85. The van der Waals surface area contributed by atoms with E-state index in [0.717, 1.165) is 0 Å². The summed E-state index contributed by atoms with van der Waals surface area (Å²) in [6.45, 7) is 3.60. The molecular weight excluding hydrogens is 372 g/mol. The van der Waals surface area contributed by atoms with E-state index in [-0.39, 0.29) is 23.9 Å². The second-order valence-corrected chi connectivity index (χ2v) is 7.93. The predicted molar refractivity (Wildman–Crippen MR) is 98.3 cm³/mol. The van der Waals surface area contributed by atoms with Crippen LogP contribution in [-0.4, -0.2) is 43.7 Å². The number of nitrogens with zero attached hydrogens (tertiary/aromatic N) is 2. The molecule has 10 heteroatoms. The molecule has 1 aromatic carbocycles. The van der Waals surface area contributed by atoms with Crippen molar-refractivity contribution in [2.45, 2.75) is 11.5 Å². The van der Waals surface area contributed by atoms with Gasteiger partial charge in [-0.25, -0.2) is 13.1 Å².